The van der Waals surface area contributed by atoms with Gasteiger partial charge in [0.15, 0.2) is 0 Å². The highest BCUT2D eigenvalue weighted by Crippen LogP contribution is 2.10. The van der Waals surface area contributed by atoms with Crippen LogP contribution in [0, 0.1) is 5.92 Å². The first kappa shape index (κ1) is 12.0. The lowest BCUT2D eigenvalue weighted by molar-refractivity contribution is 0.110. The third-order valence-corrected chi connectivity index (χ3v) is 2.85. The zero-order valence-corrected chi connectivity index (χ0v) is 9.30. The highest BCUT2D eigenvalue weighted by molar-refractivity contribution is 4.67. The second-order valence-electron chi connectivity index (χ2n) is 4.32. The summed E-state index contributed by atoms with van der Waals surface area (Å²) in [6.45, 7) is 6.10. The van der Waals surface area contributed by atoms with E-state index < -0.39 is 0 Å². The molecular weight excluding hydrogens is 176 g/mol. The zero-order chi connectivity index (χ0) is 10.2. The molecule has 0 spiro atoms. The number of rotatable bonds is 7. The molecule has 0 radical (unpaired) electrons. The largest absolute Gasteiger partial charge is 0.377 e. The van der Waals surface area contributed by atoms with Crippen molar-refractivity contribution in [3.05, 3.63) is 0 Å². The molecule has 1 saturated heterocycles. The molecule has 0 aliphatic carbocycles. The molecule has 3 nitrogen and oxygen atoms in total. The highest BCUT2D eigenvalue weighted by Gasteiger charge is 2.14. The van der Waals surface area contributed by atoms with E-state index in [1.165, 1.54) is 25.7 Å². The Morgan fingerprint density at radius 2 is 2.43 bits per heavy atom. The summed E-state index contributed by atoms with van der Waals surface area (Å²) in [5, 5.41) is 3.44. The number of hydrogen-bond acceptors (Lipinski definition) is 3. The molecule has 2 atom stereocenters. The summed E-state index contributed by atoms with van der Waals surface area (Å²) in [6, 6.07) is 0. The van der Waals surface area contributed by atoms with Gasteiger partial charge in [-0.05, 0) is 44.7 Å². The van der Waals surface area contributed by atoms with E-state index in [1.807, 2.05) is 0 Å². The molecule has 84 valence electrons. The van der Waals surface area contributed by atoms with Crippen LogP contribution in [0.15, 0.2) is 0 Å². The van der Waals surface area contributed by atoms with Gasteiger partial charge in [0.25, 0.3) is 0 Å². The van der Waals surface area contributed by atoms with Crippen LogP contribution in [0.2, 0.25) is 0 Å². The van der Waals surface area contributed by atoms with Gasteiger partial charge in [-0.15, -0.1) is 0 Å². The molecule has 3 N–H and O–H groups in total. The highest BCUT2D eigenvalue weighted by atomic mass is 16.5. The van der Waals surface area contributed by atoms with Crippen LogP contribution in [0.3, 0.4) is 0 Å². The molecule has 1 aliphatic rings. The lowest BCUT2D eigenvalue weighted by atomic mass is 10.1. The Morgan fingerprint density at radius 1 is 1.57 bits per heavy atom. The van der Waals surface area contributed by atoms with E-state index >= 15 is 0 Å². The molecule has 1 aliphatic heterocycles. The molecule has 1 fully saturated rings. The van der Waals surface area contributed by atoms with E-state index in [0.29, 0.717) is 12.0 Å². The van der Waals surface area contributed by atoms with Gasteiger partial charge in [0, 0.05) is 13.2 Å². The Balaban J connectivity index is 1.84. The molecule has 3 heteroatoms. The third-order valence-electron chi connectivity index (χ3n) is 2.85. The molecule has 0 bridgehead atoms. The predicted octanol–water partition coefficient (Wildman–Crippen LogP) is 1.13. The molecule has 14 heavy (non-hydrogen) atoms. The van der Waals surface area contributed by atoms with E-state index in [0.717, 1.165) is 26.2 Å². The maximum atomic E-state index is 5.55. The van der Waals surface area contributed by atoms with E-state index in [2.05, 4.69) is 12.2 Å². The molecule has 0 aromatic heterocycles. The van der Waals surface area contributed by atoms with Gasteiger partial charge in [-0.25, -0.2) is 0 Å². The van der Waals surface area contributed by atoms with Crippen molar-refractivity contribution in [3.63, 3.8) is 0 Å². The van der Waals surface area contributed by atoms with Gasteiger partial charge in [0.1, 0.15) is 0 Å². The standard InChI is InChI=1S/C11H24N2O/c1-10(8-12)4-2-6-13-9-11-5-3-7-14-11/h10-11,13H,2-9,12H2,1H3. The minimum absolute atomic E-state index is 0.474. The van der Waals surface area contributed by atoms with Crippen LogP contribution >= 0.6 is 0 Å². The van der Waals surface area contributed by atoms with Crippen LogP contribution in [0.4, 0.5) is 0 Å². The van der Waals surface area contributed by atoms with Crippen LogP contribution in [0.1, 0.15) is 32.6 Å². The summed E-state index contributed by atoms with van der Waals surface area (Å²) in [4.78, 5) is 0. The van der Waals surface area contributed by atoms with Gasteiger partial charge in [-0.1, -0.05) is 6.92 Å². The molecular formula is C11H24N2O. The number of hydrogen-bond donors (Lipinski definition) is 2. The Bertz CT molecular complexity index is 135. The zero-order valence-electron chi connectivity index (χ0n) is 9.30. The second-order valence-corrected chi connectivity index (χ2v) is 4.32. The average molecular weight is 200 g/mol. The average Bonchev–Trinajstić information content (AvgIpc) is 2.69. The Morgan fingerprint density at radius 3 is 3.07 bits per heavy atom. The van der Waals surface area contributed by atoms with Crippen LogP contribution in [-0.4, -0.2) is 32.3 Å². The molecule has 0 aromatic carbocycles. The minimum Gasteiger partial charge on any atom is -0.377 e. The van der Waals surface area contributed by atoms with E-state index in [4.69, 9.17) is 10.5 Å². The lowest BCUT2D eigenvalue weighted by Crippen LogP contribution is -2.27. The first-order valence-corrected chi connectivity index (χ1v) is 5.85. The number of nitrogens with one attached hydrogen (secondary N) is 1. The SMILES string of the molecule is CC(CN)CCCNCC1CCCO1. The van der Waals surface area contributed by atoms with Crippen molar-refractivity contribution in [1.82, 2.24) is 5.32 Å². The first-order valence-electron chi connectivity index (χ1n) is 5.85. The van der Waals surface area contributed by atoms with Crippen molar-refractivity contribution in [2.75, 3.05) is 26.2 Å². The Labute approximate surface area is 87.4 Å². The predicted molar refractivity (Wildman–Crippen MR) is 59.3 cm³/mol. The van der Waals surface area contributed by atoms with Crippen molar-refractivity contribution in [2.45, 2.75) is 38.7 Å². The van der Waals surface area contributed by atoms with Gasteiger partial charge in [-0.2, -0.15) is 0 Å². The Hall–Kier alpha value is -0.120. The van der Waals surface area contributed by atoms with Crippen LogP contribution < -0.4 is 11.1 Å². The van der Waals surface area contributed by atoms with Crippen molar-refractivity contribution in [1.29, 1.82) is 0 Å². The molecule has 1 rings (SSSR count). The van der Waals surface area contributed by atoms with Crippen LogP contribution in [0.5, 0.6) is 0 Å². The topological polar surface area (TPSA) is 47.3 Å². The van der Waals surface area contributed by atoms with Gasteiger partial charge >= 0.3 is 0 Å². The minimum atomic E-state index is 0.474. The van der Waals surface area contributed by atoms with Crippen molar-refractivity contribution in [3.8, 4) is 0 Å². The van der Waals surface area contributed by atoms with Gasteiger partial charge in [0.2, 0.25) is 0 Å². The summed E-state index contributed by atoms with van der Waals surface area (Å²) in [7, 11) is 0. The summed E-state index contributed by atoms with van der Waals surface area (Å²) in [6.07, 6.45) is 5.39. The normalized spacial score (nSPS) is 24.0. The second kappa shape index (κ2) is 7.21. The summed E-state index contributed by atoms with van der Waals surface area (Å²) < 4.78 is 5.52. The molecule has 0 amide bonds. The fraction of sp³-hybridized carbons (Fsp3) is 1.00. The molecule has 0 saturated carbocycles. The van der Waals surface area contributed by atoms with Crippen molar-refractivity contribution >= 4 is 0 Å². The van der Waals surface area contributed by atoms with E-state index in [9.17, 15) is 0 Å². The summed E-state index contributed by atoms with van der Waals surface area (Å²) in [5.41, 5.74) is 5.55. The molecule has 2 unspecified atom stereocenters. The van der Waals surface area contributed by atoms with Gasteiger partial charge in [-0.3, -0.25) is 0 Å². The Kier molecular flexibility index (Phi) is 6.15. The van der Waals surface area contributed by atoms with E-state index in [1.54, 1.807) is 0 Å². The monoisotopic (exact) mass is 200 g/mol. The molecule has 0 aromatic rings. The number of nitrogens with two attached hydrogens (primary N) is 1. The molecule has 1 heterocycles. The first-order chi connectivity index (χ1) is 6.83. The van der Waals surface area contributed by atoms with Crippen molar-refractivity contribution in [2.24, 2.45) is 11.7 Å². The summed E-state index contributed by atoms with van der Waals surface area (Å²) >= 11 is 0. The smallest absolute Gasteiger partial charge is 0.0700 e. The lowest BCUT2D eigenvalue weighted by Gasteiger charge is -2.11. The van der Waals surface area contributed by atoms with Crippen LogP contribution in [0.25, 0.3) is 0 Å². The fourth-order valence-corrected chi connectivity index (χ4v) is 1.76. The third kappa shape index (κ3) is 4.94. The maximum absolute atomic E-state index is 5.55. The maximum Gasteiger partial charge on any atom is 0.0700 e. The fourth-order valence-electron chi connectivity index (χ4n) is 1.76. The van der Waals surface area contributed by atoms with E-state index in [-0.39, 0.29) is 0 Å². The van der Waals surface area contributed by atoms with Crippen molar-refractivity contribution < 1.29 is 4.74 Å². The van der Waals surface area contributed by atoms with Crippen LogP contribution in [-0.2, 0) is 4.74 Å². The number of ether oxygens (including phenoxy) is 1. The van der Waals surface area contributed by atoms with Gasteiger partial charge < -0.3 is 15.8 Å². The summed E-state index contributed by atoms with van der Waals surface area (Å²) in [5.74, 6) is 0.666. The quantitative estimate of drug-likeness (QED) is 0.606. The van der Waals surface area contributed by atoms with Gasteiger partial charge in [0.05, 0.1) is 6.10 Å².